The molecule has 0 spiro atoms. The minimum Gasteiger partial charge on any atom is -0.491 e. The average Bonchev–Trinajstić information content (AvgIpc) is 2.65. The number of terminal acetylenes is 1. The molecule has 2 aromatic carbocycles. The molecule has 0 bridgehead atoms. The Morgan fingerprint density at radius 1 is 1.11 bits per heavy atom. The highest BCUT2D eigenvalue weighted by Gasteiger charge is 2.14. The summed E-state index contributed by atoms with van der Waals surface area (Å²) < 4.78 is 31.9. The first-order chi connectivity index (χ1) is 12.8. The predicted molar refractivity (Wildman–Crippen MR) is 104 cm³/mol. The van der Waals surface area contributed by atoms with E-state index in [4.69, 9.17) is 11.2 Å². The van der Waals surface area contributed by atoms with Gasteiger partial charge in [0.2, 0.25) is 10.0 Å². The maximum atomic E-state index is 12.2. The van der Waals surface area contributed by atoms with Gasteiger partial charge in [0, 0.05) is 5.56 Å². The number of benzene rings is 2. The largest absolute Gasteiger partial charge is 0.491 e. The molecule has 0 aromatic heterocycles. The number of rotatable bonds is 8. The third kappa shape index (κ3) is 5.58. The van der Waals surface area contributed by atoms with Crippen LogP contribution < -0.4 is 14.8 Å². The van der Waals surface area contributed by atoms with Crippen molar-refractivity contribution >= 4 is 15.9 Å². The van der Waals surface area contributed by atoms with Crippen molar-refractivity contribution in [2.24, 2.45) is 0 Å². The normalized spacial score (nSPS) is 10.9. The first-order valence-electron chi connectivity index (χ1n) is 8.35. The molecular formula is C20H22N2O4S. The predicted octanol–water partition coefficient (Wildman–Crippen LogP) is 2.02. The summed E-state index contributed by atoms with van der Waals surface area (Å²) in [5.74, 6) is 2.72. The smallest absolute Gasteiger partial charge is 0.251 e. The van der Waals surface area contributed by atoms with E-state index in [1.165, 1.54) is 24.3 Å². The molecule has 2 N–H and O–H groups in total. The van der Waals surface area contributed by atoms with Gasteiger partial charge in [-0.1, -0.05) is 24.1 Å². The summed E-state index contributed by atoms with van der Waals surface area (Å²) >= 11 is 0. The van der Waals surface area contributed by atoms with E-state index in [0.29, 0.717) is 18.7 Å². The minimum absolute atomic E-state index is 0.0488. The molecule has 0 unspecified atom stereocenters. The van der Waals surface area contributed by atoms with E-state index in [9.17, 15) is 13.2 Å². The Morgan fingerprint density at radius 3 is 2.33 bits per heavy atom. The SMILES string of the molecule is C#CCNS(=O)(=O)c1ccc(C(=O)NCCOc2c(C)cccc2C)cc1. The average molecular weight is 386 g/mol. The van der Waals surface area contributed by atoms with Crippen LogP contribution in [0, 0.1) is 26.2 Å². The van der Waals surface area contributed by atoms with E-state index < -0.39 is 10.0 Å². The van der Waals surface area contributed by atoms with E-state index in [-0.39, 0.29) is 17.3 Å². The van der Waals surface area contributed by atoms with Crippen LogP contribution in [0.5, 0.6) is 5.75 Å². The molecular weight excluding hydrogens is 364 g/mol. The molecule has 27 heavy (non-hydrogen) atoms. The Labute approximate surface area is 160 Å². The van der Waals surface area contributed by atoms with Crippen molar-refractivity contribution in [1.82, 2.24) is 10.0 Å². The number of sulfonamides is 1. The number of hydrogen-bond acceptors (Lipinski definition) is 4. The van der Waals surface area contributed by atoms with Gasteiger partial charge in [-0.3, -0.25) is 4.79 Å². The molecule has 0 heterocycles. The second-order valence-electron chi connectivity index (χ2n) is 5.88. The molecule has 0 saturated heterocycles. The fourth-order valence-corrected chi connectivity index (χ4v) is 3.39. The first-order valence-corrected chi connectivity index (χ1v) is 9.84. The zero-order valence-electron chi connectivity index (χ0n) is 15.3. The van der Waals surface area contributed by atoms with Gasteiger partial charge in [-0.05, 0) is 49.2 Å². The zero-order chi connectivity index (χ0) is 19.9. The third-order valence-corrected chi connectivity index (χ3v) is 5.25. The van der Waals surface area contributed by atoms with Crippen LogP contribution in [0.15, 0.2) is 47.4 Å². The monoisotopic (exact) mass is 386 g/mol. The molecule has 1 amide bonds. The Morgan fingerprint density at radius 2 is 1.74 bits per heavy atom. The second kappa shape index (κ2) is 9.21. The topological polar surface area (TPSA) is 84.5 Å². The van der Waals surface area contributed by atoms with Gasteiger partial charge in [0.1, 0.15) is 12.4 Å². The molecule has 0 fully saturated rings. The van der Waals surface area contributed by atoms with Gasteiger partial charge < -0.3 is 10.1 Å². The van der Waals surface area contributed by atoms with Crippen LogP contribution in [-0.4, -0.2) is 34.0 Å². The van der Waals surface area contributed by atoms with Crippen molar-refractivity contribution in [3.63, 3.8) is 0 Å². The number of ether oxygens (including phenoxy) is 1. The lowest BCUT2D eigenvalue weighted by Gasteiger charge is -2.12. The van der Waals surface area contributed by atoms with Crippen LogP contribution in [0.25, 0.3) is 0 Å². The van der Waals surface area contributed by atoms with Gasteiger partial charge in [0.15, 0.2) is 0 Å². The standard InChI is InChI=1S/C20H22N2O4S/c1-4-12-22-27(24,25)18-10-8-17(9-11-18)20(23)21-13-14-26-19-15(2)6-5-7-16(19)3/h1,5-11,22H,12-14H2,2-3H3,(H,21,23). The Kier molecular flexibility index (Phi) is 6.99. The highest BCUT2D eigenvalue weighted by Crippen LogP contribution is 2.21. The lowest BCUT2D eigenvalue weighted by Crippen LogP contribution is -2.28. The van der Waals surface area contributed by atoms with Crippen LogP contribution in [0.1, 0.15) is 21.5 Å². The summed E-state index contributed by atoms with van der Waals surface area (Å²) in [6.45, 7) is 4.51. The minimum atomic E-state index is -3.67. The molecule has 0 aliphatic carbocycles. The van der Waals surface area contributed by atoms with Crippen LogP contribution in [0.2, 0.25) is 0 Å². The van der Waals surface area contributed by atoms with Crippen molar-refractivity contribution in [3.8, 4) is 18.1 Å². The Hall–Kier alpha value is -2.82. The van der Waals surface area contributed by atoms with Crippen molar-refractivity contribution in [3.05, 3.63) is 59.2 Å². The number of hydrogen-bond donors (Lipinski definition) is 2. The number of para-hydroxylation sites is 1. The Bertz CT molecular complexity index is 925. The van der Waals surface area contributed by atoms with Gasteiger partial charge in [0.05, 0.1) is 18.0 Å². The van der Waals surface area contributed by atoms with E-state index in [1.807, 2.05) is 32.0 Å². The molecule has 142 valence electrons. The van der Waals surface area contributed by atoms with Crippen LogP contribution in [0.3, 0.4) is 0 Å². The summed E-state index contributed by atoms with van der Waals surface area (Å²) in [5, 5.41) is 2.75. The maximum absolute atomic E-state index is 12.2. The van der Waals surface area contributed by atoms with Crippen molar-refractivity contribution < 1.29 is 17.9 Å². The lowest BCUT2D eigenvalue weighted by atomic mass is 10.1. The highest BCUT2D eigenvalue weighted by molar-refractivity contribution is 7.89. The third-order valence-electron chi connectivity index (χ3n) is 3.83. The molecule has 7 heteroatoms. The highest BCUT2D eigenvalue weighted by atomic mass is 32.2. The summed E-state index contributed by atoms with van der Waals surface area (Å²) in [7, 11) is -3.67. The van der Waals surface area contributed by atoms with Crippen molar-refractivity contribution in [1.29, 1.82) is 0 Å². The summed E-state index contributed by atoms with van der Waals surface area (Å²) in [5.41, 5.74) is 2.44. The van der Waals surface area contributed by atoms with E-state index in [1.54, 1.807) is 0 Å². The molecule has 0 radical (unpaired) electrons. The van der Waals surface area contributed by atoms with Crippen LogP contribution in [0.4, 0.5) is 0 Å². The van der Waals surface area contributed by atoms with Gasteiger partial charge in [-0.25, -0.2) is 8.42 Å². The molecule has 0 aliphatic rings. The summed E-state index contributed by atoms with van der Waals surface area (Å²) in [4.78, 5) is 12.2. The quantitative estimate of drug-likeness (QED) is 0.537. The van der Waals surface area contributed by atoms with Gasteiger partial charge in [-0.2, -0.15) is 4.72 Å². The van der Waals surface area contributed by atoms with E-state index >= 15 is 0 Å². The molecule has 0 aliphatic heterocycles. The second-order valence-corrected chi connectivity index (χ2v) is 7.65. The van der Waals surface area contributed by atoms with Crippen LogP contribution >= 0.6 is 0 Å². The maximum Gasteiger partial charge on any atom is 0.251 e. The summed E-state index contributed by atoms with van der Waals surface area (Å²) in [6.07, 6.45) is 5.05. The Balaban J connectivity index is 1.88. The van der Waals surface area contributed by atoms with E-state index in [0.717, 1.165) is 16.9 Å². The molecule has 0 saturated carbocycles. The van der Waals surface area contributed by atoms with E-state index in [2.05, 4.69) is 16.0 Å². The number of carbonyl (C=O) groups excluding carboxylic acids is 1. The number of amides is 1. The number of nitrogens with one attached hydrogen (secondary N) is 2. The first kappa shape index (κ1) is 20.5. The lowest BCUT2D eigenvalue weighted by molar-refractivity contribution is 0.0947. The van der Waals surface area contributed by atoms with Crippen molar-refractivity contribution in [2.75, 3.05) is 19.7 Å². The summed E-state index contributed by atoms with van der Waals surface area (Å²) in [6, 6.07) is 11.5. The molecule has 2 rings (SSSR count). The molecule has 2 aromatic rings. The van der Waals surface area contributed by atoms with Gasteiger partial charge >= 0.3 is 0 Å². The van der Waals surface area contributed by atoms with Gasteiger partial charge in [0.25, 0.3) is 5.91 Å². The molecule has 0 atom stereocenters. The molecule has 6 nitrogen and oxygen atoms in total. The number of carbonyl (C=O) groups is 1. The fourth-order valence-electron chi connectivity index (χ4n) is 2.45. The number of aryl methyl sites for hydroxylation is 2. The van der Waals surface area contributed by atoms with Crippen molar-refractivity contribution in [2.45, 2.75) is 18.7 Å². The van der Waals surface area contributed by atoms with Crippen LogP contribution in [-0.2, 0) is 10.0 Å². The zero-order valence-corrected chi connectivity index (χ0v) is 16.1. The fraction of sp³-hybridized carbons (Fsp3) is 0.250. The van der Waals surface area contributed by atoms with Gasteiger partial charge in [-0.15, -0.1) is 6.42 Å².